The number of hydrogen-bond acceptors (Lipinski definition) is 6. The maximum atomic E-state index is 10.9. The number of nitrogens with one attached hydrogen (secondary N) is 1. The minimum Gasteiger partial charge on any atom is -0.478 e. The molecule has 0 amide bonds. The summed E-state index contributed by atoms with van der Waals surface area (Å²) in [6, 6.07) is -0.137. The average molecular weight is 262 g/mol. The highest BCUT2D eigenvalue weighted by atomic mass is 16.4. The quantitative estimate of drug-likeness (QED) is 0.838. The first-order chi connectivity index (χ1) is 8.99. The van der Waals surface area contributed by atoms with Crippen LogP contribution in [-0.2, 0) is 7.05 Å². The second-order valence-corrected chi connectivity index (χ2v) is 4.16. The van der Waals surface area contributed by atoms with E-state index in [4.69, 9.17) is 5.11 Å². The Morgan fingerprint density at radius 2 is 2.26 bits per heavy atom. The van der Waals surface area contributed by atoms with Crippen molar-refractivity contribution in [1.82, 2.24) is 24.7 Å². The summed E-state index contributed by atoms with van der Waals surface area (Å²) < 4.78 is 1.79. The van der Waals surface area contributed by atoms with Gasteiger partial charge in [-0.25, -0.2) is 14.8 Å². The van der Waals surface area contributed by atoms with Crippen molar-refractivity contribution in [3.05, 3.63) is 29.6 Å². The average Bonchev–Trinajstić information content (AvgIpc) is 2.75. The van der Waals surface area contributed by atoms with Gasteiger partial charge in [0.25, 0.3) is 0 Å². The van der Waals surface area contributed by atoms with E-state index in [-0.39, 0.29) is 11.6 Å². The van der Waals surface area contributed by atoms with Crippen LogP contribution in [0.5, 0.6) is 0 Å². The van der Waals surface area contributed by atoms with Gasteiger partial charge in [0, 0.05) is 13.2 Å². The number of aromatic carboxylic acids is 1. The van der Waals surface area contributed by atoms with Crippen LogP contribution in [0.1, 0.15) is 34.8 Å². The Kier molecular flexibility index (Phi) is 3.41. The molecular formula is C11H14N6O2. The Morgan fingerprint density at radius 1 is 1.53 bits per heavy atom. The van der Waals surface area contributed by atoms with Crippen LogP contribution < -0.4 is 5.32 Å². The number of rotatable bonds is 4. The van der Waals surface area contributed by atoms with Crippen LogP contribution in [-0.4, -0.2) is 35.8 Å². The normalized spacial score (nSPS) is 12.2. The summed E-state index contributed by atoms with van der Waals surface area (Å²) in [5.74, 6) is 0.0620. The summed E-state index contributed by atoms with van der Waals surface area (Å²) in [4.78, 5) is 19.0. The molecule has 2 rings (SSSR count). The molecule has 0 spiro atoms. The lowest BCUT2D eigenvalue weighted by atomic mass is 10.2. The SMILES string of the molecule is Cc1nc(NC(C)c2nncn2C)ncc1C(=O)O. The fourth-order valence-electron chi connectivity index (χ4n) is 1.69. The number of anilines is 1. The molecule has 2 aromatic heterocycles. The summed E-state index contributed by atoms with van der Waals surface area (Å²) in [6.45, 7) is 3.52. The molecule has 19 heavy (non-hydrogen) atoms. The third kappa shape index (κ3) is 2.67. The highest BCUT2D eigenvalue weighted by Gasteiger charge is 2.14. The monoisotopic (exact) mass is 262 g/mol. The molecule has 100 valence electrons. The first-order valence-electron chi connectivity index (χ1n) is 5.66. The number of carbonyl (C=O) groups is 1. The molecule has 8 nitrogen and oxygen atoms in total. The smallest absolute Gasteiger partial charge is 0.339 e. The van der Waals surface area contributed by atoms with Crippen molar-refractivity contribution in [3.8, 4) is 0 Å². The first kappa shape index (κ1) is 12.9. The molecule has 0 fully saturated rings. The Hall–Kier alpha value is -2.51. The van der Waals surface area contributed by atoms with Gasteiger partial charge in [0.1, 0.15) is 6.33 Å². The third-order valence-corrected chi connectivity index (χ3v) is 2.69. The van der Waals surface area contributed by atoms with Crippen LogP contribution in [0, 0.1) is 6.92 Å². The Morgan fingerprint density at radius 3 is 2.79 bits per heavy atom. The Bertz CT molecular complexity index is 609. The fraction of sp³-hybridized carbons (Fsp3) is 0.364. The van der Waals surface area contributed by atoms with Crippen LogP contribution in [0.15, 0.2) is 12.5 Å². The predicted octanol–water partition coefficient (Wildman–Crippen LogP) is 0.785. The van der Waals surface area contributed by atoms with Crippen molar-refractivity contribution in [2.24, 2.45) is 7.05 Å². The second-order valence-electron chi connectivity index (χ2n) is 4.16. The van der Waals surface area contributed by atoms with E-state index in [1.165, 1.54) is 6.20 Å². The second kappa shape index (κ2) is 5.01. The van der Waals surface area contributed by atoms with Crippen LogP contribution >= 0.6 is 0 Å². The molecular weight excluding hydrogens is 248 g/mol. The van der Waals surface area contributed by atoms with E-state index < -0.39 is 5.97 Å². The summed E-state index contributed by atoms with van der Waals surface area (Å²) in [5, 5.41) is 19.7. The van der Waals surface area contributed by atoms with Gasteiger partial charge in [-0.05, 0) is 13.8 Å². The first-order valence-corrected chi connectivity index (χ1v) is 5.66. The summed E-state index contributed by atoms with van der Waals surface area (Å²) in [7, 11) is 1.84. The van der Waals surface area contributed by atoms with Gasteiger partial charge in [0.15, 0.2) is 5.82 Å². The minimum absolute atomic E-state index is 0.0943. The Balaban J connectivity index is 2.18. The molecule has 2 heterocycles. The highest BCUT2D eigenvalue weighted by molar-refractivity contribution is 5.88. The zero-order valence-corrected chi connectivity index (χ0v) is 10.8. The minimum atomic E-state index is -1.04. The van der Waals surface area contributed by atoms with Crippen LogP contribution in [0.3, 0.4) is 0 Å². The van der Waals surface area contributed by atoms with Crippen molar-refractivity contribution >= 4 is 11.9 Å². The van der Waals surface area contributed by atoms with Gasteiger partial charge in [-0.2, -0.15) is 0 Å². The molecule has 0 aliphatic heterocycles. The third-order valence-electron chi connectivity index (χ3n) is 2.69. The lowest BCUT2D eigenvalue weighted by molar-refractivity contribution is 0.0695. The Labute approximate surface area is 109 Å². The number of aromatic nitrogens is 5. The lowest BCUT2D eigenvalue weighted by Gasteiger charge is -2.13. The van der Waals surface area contributed by atoms with Gasteiger partial charge in [-0.3, -0.25) is 0 Å². The van der Waals surface area contributed by atoms with Gasteiger partial charge in [-0.1, -0.05) is 0 Å². The maximum absolute atomic E-state index is 10.9. The lowest BCUT2D eigenvalue weighted by Crippen LogP contribution is -2.15. The molecule has 0 aliphatic carbocycles. The van der Waals surface area contributed by atoms with E-state index in [2.05, 4.69) is 25.5 Å². The fourth-order valence-corrected chi connectivity index (χ4v) is 1.69. The van der Waals surface area contributed by atoms with E-state index in [9.17, 15) is 4.79 Å². The number of carboxylic acid groups (broad SMARTS) is 1. The van der Waals surface area contributed by atoms with Gasteiger partial charge >= 0.3 is 5.97 Å². The molecule has 0 bridgehead atoms. The van der Waals surface area contributed by atoms with Crippen molar-refractivity contribution < 1.29 is 9.90 Å². The molecule has 0 saturated carbocycles. The predicted molar refractivity (Wildman–Crippen MR) is 66.8 cm³/mol. The summed E-state index contributed by atoms with van der Waals surface area (Å²) >= 11 is 0. The van der Waals surface area contributed by atoms with Crippen molar-refractivity contribution in [3.63, 3.8) is 0 Å². The molecule has 0 aromatic carbocycles. The van der Waals surface area contributed by atoms with Gasteiger partial charge in [0.05, 0.1) is 17.3 Å². The molecule has 0 aliphatic rings. The number of aryl methyl sites for hydroxylation is 2. The largest absolute Gasteiger partial charge is 0.478 e. The standard InChI is InChI=1S/C11H14N6O2/c1-6-8(10(18)19)4-12-11(14-6)15-7(2)9-16-13-5-17(9)3/h4-5,7H,1-3H3,(H,18,19)(H,12,14,15). The zero-order chi connectivity index (χ0) is 14.0. The zero-order valence-electron chi connectivity index (χ0n) is 10.8. The van der Waals surface area contributed by atoms with Gasteiger partial charge in [0.2, 0.25) is 5.95 Å². The topological polar surface area (TPSA) is 106 Å². The van der Waals surface area contributed by atoms with Crippen molar-refractivity contribution in [2.45, 2.75) is 19.9 Å². The summed E-state index contributed by atoms with van der Waals surface area (Å²) in [5.41, 5.74) is 0.507. The van der Waals surface area contributed by atoms with Crippen LogP contribution in [0.2, 0.25) is 0 Å². The van der Waals surface area contributed by atoms with Crippen LogP contribution in [0.25, 0.3) is 0 Å². The molecule has 0 radical (unpaired) electrons. The van der Waals surface area contributed by atoms with E-state index in [1.807, 2.05) is 14.0 Å². The van der Waals surface area contributed by atoms with Gasteiger partial charge in [-0.15, -0.1) is 10.2 Å². The number of nitrogens with zero attached hydrogens (tertiary/aromatic N) is 5. The molecule has 1 atom stereocenters. The molecule has 1 unspecified atom stereocenters. The molecule has 8 heteroatoms. The number of hydrogen-bond donors (Lipinski definition) is 2. The van der Waals surface area contributed by atoms with E-state index in [0.29, 0.717) is 11.6 Å². The molecule has 0 saturated heterocycles. The van der Waals surface area contributed by atoms with Crippen molar-refractivity contribution in [2.75, 3.05) is 5.32 Å². The van der Waals surface area contributed by atoms with Crippen molar-refractivity contribution in [1.29, 1.82) is 0 Å². The number of carboxylic acids is 1. The van der Waals surface area contributed by atoms with Gasteiger partial charge < -0.3 is 15.0 Å². The highest BCUT2D eigenvalue weighted by Crippen LogP contribution is 2.14. The van der Waals surface area contributed by atoms with E-state index in [1.54, 1.807) is 17.8 Å². The van der Waals surface area contributed by atoms with Crippen LogP contribution in [0.4, 0.5) is 5.95 Å². The molecule has 2 aromatic rings. The molecule has 2 N–H and O–H groups in total. The van der Waals surface area contributed by atoms with E-state index >= 15 is 0 Å². The summed E-state index contributed by atoms with van der Waals surface area (Å²) in [6.07, 6.45) is 2.89. The maximum Gasteiger partial charge on any atom is 0.339 e. The van der Waals surface area contributed by atoms with E-state index in [0.717, 1.165) is 5.82 Å².